The normalized spacial score (nSPS) is 12.3. The van der Waals surface area contributed by atoms with E-state index in [0.29, 0.717) is 17.9 Å². The molecule has 0 heterocycles. The van der Waals surface area contributed by atoms with Crippen LogP contribution in [0.5, 0.6) is 11.5 Å². The summed E-state index contributed by atoms with van der Waals surface area (Å²) in [5, 5.41) is 0. The molecule has 5 nitrogen and oxygen atoms in total. The molecule has 0 aliphatic carbocycles. The predicted octanol–water partition coefficient (Wildman–Crippen LogP) is 7.75. The Morgan fingerprint density at radius 2 is 1.34 bits per heavy atom. The molecule has 0 aromatic heterocycles. The summed E-state index contributed by atoms with van der Waals surface area (Å²) in [7, 11) is 0. The van der Waals surface area contributed by atoms with Crippen LogP contribution in [0.3, 0.4) is 0 Å². The minimum absolute atomic E-state index is 0.0363. The molecular formula is C30H42O5. The molecule has 0 spiro atoms. The first-order chi connectivity index (χ1) is 15.9. The molecule has 192 valence electrons. The molecule has 0 saturated carbocycles. The van der Waals surface area contributed by atoms with Crippen LogP contribution < -0.4 is 9.47 Å². The van der Waals surface area contributed by atoms with E-state index < -0.39 is 11.8 Å². The van der Waals surface area contributed by atoms with E-state index in [1.54, 1.807) is 20.8 Å². The summed E-state index contributed by atoms with van der Waals surface area (Å²) in [6.45, 7) is 22.0. The highest BCUT2D eigenvalue weighted by Gasteiger charge is 2.26. The number of hydrogen-bond donors (Lipinski definition) is 0. The molecule has 0 fully saturated rings. The summed E-state index contributed by atoms with van der Waals surface area (Å²) >= 11 is 0. The van der Waals surface area contributed by atoms with Gasteiger partial charge in [-0.2, -0.15) is 0 Å². The van der Waals surface area contributed by atoms with Gasteiger partial charge >= 0.3 is 12.1 Å². The number of esters is 1. The fourth-order valence-corrected chi connectivity index (χ4v) is 4.01. The third-order valence-corrected chi connectivity index (χ3v) is 5.57. The van der Waals surface area contributed by atoms with Crippen LogP contribution in [-0.4, -0.2) is 17.7 Å². The van der Waals surface area contributed by atoms with Crippen molar-refractivity contribution >= 4 is 12.1 Å². The summed E-state index contributed by atoms with van der Waals surface area (Å²) in [5.41, 5.74) is 4.16. The Morgan fingerprint density at radius 3 is 1.86 bits per heavy atom. The van der Waals surface area contributed by atoms with Crippen molar-refractivity contribution in [2.75, 3.05) is 0 Å². The molecule has 0 saturated heterocycles. The van der Waals surface area contributed by atoms with E-state index in [4.69, 9.17) is 14.2 Å². The maximum absolute atomic E-state index is 12.6. The van der Waals surface area contributed by atoms with Crippen LogP contribution in [0, 0.1) is 13.8 Å². The second-order valence-corrected chi connectivity index (χ2v) is 12.3. The number of ether oxygens (including phenoxy) is 3. The van der Waals surface area contributed by atoms with Crippen LogP contribution in [0.25, 0.3) is 0 Å². The maximum atomic E-state index is 12.6. The second-order valence-electron chi connectivity index (χ2n) is 12.3. The minimum atomic E-state index is -0.727. The number of aryl methyl sites for hydroxylation is 3. The lowest BCUT2D eigenvalue weighted by molar-refractivity contribution is -0.134. The Balaban J connectivity index is 2.16. The summed E-state index contributed by atoms with van der Waals surface area (Å²) < 4.78 is 16.6. The molecule has 35 heavy (non-hydrogen) atoms. The number of rotatable bonds is 5. The zero-order chi connectivity index (χ0) is 26.8. The van der Waals surface area contributed by atoms with Gasteiger partial charge in [-0.15, -0.1) is 0 Å². The van der Waals surface area contributed by atoms with Crippen LogP contribution in [0.4, 0.5) is 4.79 Å². The van der Waals surface area contributed by atoms with Gasteiger partial charge in [0, 0.05) is 12.0 Å². The van der Waals surface area contributed by atoms with Crippen molar-refractivity contribution in [2.45, 2.75) is 105 Å². The number of benzene rings is 2. The maximum Gasteiger partial charge on any atom is 0.514 e. The monoisotopic (exact) mass is 482 g/mol. The third-order valence-electron chi connectivity index (χ3n) is 5.57. The van der Waals surface area contributed by atoms with Crippen LogP contribution in [0.15, 0.2) is 30.3 Å². The minimum Gasteiger partial charge on any atom is -0.428 e. The molecule has 0 atom stereocenters. The standard InChI is InChI=1S/C30H42O5/c1-19-17-22(13-14-23(19)28(3,4)5)33-25(31)15-12-21-16-20(2)26(24(18-21)29(6,7)8)34-27(32)35-30(9,10)11/h13-14,16-18H,12,15H2,1-11H3. The van der Waals surface area contributed by atoms with Crippen LogP contribution in [0.1, 0.15) is 96.6 Å². The van der Waals surface area contributed by atoms with Gasteiger partial charge in [0.15, 0.2) is 0 Å². The lowest BCUT2D eigenvalue weighted by Gasteiger charge is -2.26. The van der Waals surface area contributed by atoms with Crippen LogP contribution in [-0.2, 0) is 26.8 Å². The molecule has 2 rings (SSSR count). The molecule has 0 aliphatic rings. The van der Waals surface area contributed by atoms with Gasteiger partial charge in [-0.25, -0.2) is 4.79 Å². The van der Waals surface area contributed by atoms with E-state index in [2.05, 4.69) is 41.5 Å². The zero-order valence-electron chi connectivity index (χ0n) is 23.3. The van der Waals surface area contributed by atoms with Gasteiger partial charge in [0.2, 0.25) is 0 Å². The largest absolute Gasteiger partial charge is 0.514 e. The molecule has 0 radical (unpaired) electrons. The fraction of sp³-hybridized carbons (Fsp3) is 0.533. The van der Waals surface area contributed by atoms with E-state index >= 15 is 0 Å². The van der Waals surface area contributed by atoms with E-state index in [1.807, 2.05) is 44.2 Å². The van der Waals surface area contributed by atoms with Crippen molar-refractivity contribution in [3.8, 4) is 11.5 Å². The quantitative estimate of drug-likeness (QED) is 0.248. The van der Waals surface area contributed by atoms with E-state index in [-0.39, 0.29) is 23.2 Å². The van der Waals surface area contributed by atoms with E-state index in [1.165, 1.54) is 5.56 Å². The van der Waals surface area contributed by atoms with Gasteiger partial charge < -0.3 is 14.2 Å². The Hall–Kier alpha value is -2.82. The van der Waals surface area contributed by atoms with Crippen molar-refractivity contribution < 1.29 is 23.8 Å². The lowest BCUT2D eigenvalue weighted by Crippen LogP contribution is -2.27. The Morgan fingerprint density at radius 1 is 0.743 bits per heavy atom. The first kappa shape index (κ1) is 28.4. The molecule has 0 amide bonds. The summed E-state index contributed by atoms with van der Waals surface area (Å²) in [4.78, 5) is 24.9. The van der Waals surface area contributed by atoms with Gasteiger partial charge in [0.25, 0.3) is 0 Å². The summed E-state index contributed by atoms with van der Waals surface area (Å²) in [5.74, 6) is 0.789. The van der Waals surface area contributed by atoms with Crippen LogP contribution >= 0.6 is 0 Å². The summed E-state index contributed by atoms with van der Waals surface area (Å²) in [6, 6.07) is 9.76. The molecule has 0 bridgehead atoms. The molecular weight excluding hydrogens is 440 g/mol. The molecule has 2 aromatic carbocycles. The Bertz CT molecular complexity index is 1080. The van der Waals surface area contributed by atoms with Gasteiger partial charge in [0.1, 0.15) is 17.1 Å². The summed E-state index contributed by atoms with van der Waals surface area (Å²) in [6.07, 6.45) is 0.0411. The average molecular weight is 483 g/mol. The molecule has 0 N–H and O–H groups in total. The fourth-order valence-electron chi connectivity index (χ4n) is 4.01. The van der Waals surface area contributed by atoms with Crippen LogP contribution in [0.2, 0.25) is 0 Å². The first-order valence-corrected chi connectivity index (χ1v) is 12.2. The van der Waals surface area contributed by atoms with Gasteiger partial charge in [0.05, 0.1) is 0 Å². The first-order valence-electron chi connectivity index (χ1n) is 12.2. The topological polar surface area (TPSA) is 61.8 Å². The van der Waals surface area contributed by atoms with Crippen molar-refractivity contribution in [3.63, 3.8) is 0 Å². The Kier molecular flexibility index (Phi) is 8.47. The van der Waals surface area contributed by atoms with E-state index in [9.17, 15) is 9.59 Å². The van der Waals surface area contributed by atoms with E-state index in [0.717, 1.165) is 22.3 Å². The molecule has 5 heteroatoms. The van der Waals surface area contributed by atoms with Crippen molar-refractivity contribution in [1.82, 2.24) is 0 Å². The predicted molar refractivity (Wildman–Crippen MR) is 141 cm³/mol. The molecule has 0 aliphatic heterocycles. The van der Waals surface area contributed by atoms with Gasteiger partial charge in [-0.1, -0.05) is 59.7 Å². The van der Waals surface area contributed by atoms with Crippen molar-refractivity contribution in [2.24, 2.45) is 0 Å². The molecule has 2 aromatic rings. The van der Waals surface area contributed by atoms with Crippen molar-refractivity contribution in [3.05, 3.63) is 58.1 Å². The second kappa shape index (κ2) is 10.4. The van der Waals surface area contributed by atoms with Gasteiger partial charge in [-0.05, 0) is 86.3 Å². The zero-order valence-corrected chi connectivity index (χ0v) is 23.3. The highest BCUT2D eigenvalue weighted by Crippen LogP contribution is 2.36. The van der Waals surface area contributed by atoms with Crippen molar-refractivity contribution in [1.29, 1.82) is 0 Å². The number of hydrogen-bond acceptors (Lipinski definition) is 5. The number of carbonyl (C=O) groups excluding carboxylic acids is 2. The highest BCUT2D eigenvalue weighted by atomic mass is 16.7. The van der Waals surface area contributed by atoms with Gasteiger partial charge in [-0.3, -0.25) is 4.79 Å². The third kappa shape index (κ3) is 8.41. The number of carbonyl (C=O) groups is 2. The Labute approximate surface area is 211 Å². The lowest BCUT2D eigenvalue weighted by atomic mass is 9.83. The average Bonchev–Trinajstić information content (AvgIpc) is 2.64. The molecule has 0 unspecified atom stereocenters. The highest BCUT2D eigenvalue weighted by molar-refractivity contribution is 5.73. The SMILES string of the molecule is Cc1cc(OC(=O)CCc2cc(C)c(OC(=O)OC(C)(C)C)c(C(C)(C)C)c2)ccc1C(C)(C)C. The smallest absolute Gasteiger partial charge is 0.428 e.